The zero-order valence-corrected chi connectivity index (χ0v) is 21.5. The van der Waals surface area contributed by atoms with Crippen LogP contribution in [-0.2, 0) is 15.0 Å². The van der Waals surface area contributed by atoms with Gasteiger partial charge in [-0.05, 0) is 53.6 Å². The number of carbonyl (C=O) groups excluding carboxylic acids is 3. The number of anilines is 1. The van der Waals surface area contributed by atoms with Crippen molar-refractivity contribution in [3.05, 3.63) is 76.2 Å². The molecule has 3 aromatic rings. The number of fused-ring (bicyclic) bond motifs is 3. The highest BCUT2D eigenvalue weighted by atomic mass is 16.2. The van der Waals surface area contributed by atoms with Crippen molar-refractivity contribution in [1.82, 2.24) is 14.8 Å². The third kappa shape index (κ3) is 4.02. The van der Waals surface area contributed by atoms with Crippen LogP contribution in [0.5, 0.6) is 0 Å². The van der Waals surface area contributed by atoms with Gasteiger partial charge in [0.15, 0.2) is 0 Å². The number of benzene rings is 2. The standard InChI is InChI=1S/C29H29N5O4/c1-17(2)12-24(33(3)26(36)19-8-9-21-18(13-19)10-11-31-25(21)35)27(37)34-16-29(14-20(34)15-30)22-6-4-5-7-23(22)32-28(29)38/h4-11,13,17,20,24H,12,14,16H2,1-3H3,(H,31,35)(H,32,38)/t20-,24-,29-/m0/s1. The third-order valence-electron chi connectivity index (χ3n) is 7.70. The Bertz CT molecular complexity index is 1550. The van der Waals surface area contributed by atoms with Gasteiger partial charge in [-0.15, -0.1) is 0 Å². The predicted molar refractivity (Wildman–Crippen MR) is 142 cm³/mol. The van der Waals surface area contributed by atoms with Crippen molar-refractivity contribution in [1.29, 1.82) is 5.26 Å². The average Bonchev–Trinajstić information content (AvgIpc) is 3.44. The van der Waals surface area contributed by atoms with Crippen molar-refractivity contribution in [2.75, 3.05) is 18.9 Å². The summed E-state index contributed by atoms with van der Waals surface area (Å²) in [5, 5.41) is 14.0. The minimum atomic E-state index is -0.997. The maximum atomic E-state index is 14.0. The average molecular weight is 512 g/mol. The molecule has 1 fully saturated rings. The van der Waals surface area contributed by atoms with Crippen LogP contribution < -0.4 is 10.9 Å². The maximum Gasteiger partial charge on any atom is 0.255 e. The van der Waals surface area contributed by atoms with Crippen LogP contribution >= 0.6 is 0 Å². The molecule has 2 N–H and O–H groups in total. The molecule has 3 heterocycles. The predicted octanol–water partition coefficient (Wildman–Crippen LogP) is 3.03. The van der Waals surface area contributed by atoms with Gasteiger partial charge in [-0.2, -0.15) is 5.26 Å². The second-order valence-electron chi connectivity index (χ2n) is 10.6. The van der Waals surface area contributed by atoms with Crippen molar-refractivity contribution >= 4 is 34.2 Å². The van der Waals surface area contributed by atoms with E-state index in [2.05, 4.69) is 16.4 Å². The number of nitriles is 1. The summed E-state index contributed by atoms with van der Waals surface area (Å²) >= 11 is 0. The van der Waals surface area contributed by atoms with Crippen molar-refractivity contribution in [2.45, 2.75) is 44.2 Å². The molecule has 0 bridgehead atoms. The normalized spacial score (nSPS) is 20.9. The monoisotopic (exact) mass is 511 g/mol. The van der Waals surface area contributed by atoms with Crippen LogP contribution in [0, 0.1) is 17.2 Å². The lowest BCUT2D eigenvalue weighted by Crippen LogP contribution is -2.52. The molecular formula is C29H29N5O4. The summed E-state index contributed by atoms with van der Waals surface area (Å²) in [4.78, 5) is 58.3. The Balaban J connectivity index is 1.46. The number of likely N-dealkylation sites (tertiary alicyclic amines) is 1. The lowest BCUT2D eigenvalue weighted by molar-refractivity contribution is -0.136. The summed E-state index contributed by atoms with van der Waals surface area (Å²) < 4.78 is 0. The number of aromatic amines is 1. The fraction of sp³-hybridized carbons (Fsp3) is 0.345. The van der Waals surface area contributed by atoms with Crippen LogP contribution in [0.2, 0.25) is 0 Å². The quantitative estimate of drug-likeness (QED) is 0.545. The number of carbonyl (C=O) groups is 3. The van der Waals surface area contributed by atoms with Gasteiger partial charge in [0.2, 0.25) is 11.8 Å². The van der Waals surface area contributed by atoms with E-state index < -0.39 is 17.5 Å². The van der Waals surface area contributed by atoms with E-state index in [4.69, 9.17) is 0 Å². The molecule has 5 rings (SSSR count). The molecule has 3 amide bonds. The molecule has 38 heavy (non-hydrogen) atoms. The van der Waals surface area contributed by atoms with E-state index in [1.807, 2.05) is 38.1 Å². The number of rotatable bonds is 5. The van der Waals surface area contributed by atoms with Gasteiger partial charge in [-0.3, -0.25) is 19.2 Å². The smallest absolute Gasteiger partial charge is 0.255 e. The highest BCUT2D eigenvalue weighted by Gasteiger charge is 2.56. The van der Waals surface area contributed by atoms with Crippen LogP contribution in [0.1, 0.15) is 42.6 Å². The molecule has 0 radical (unpaired) electrons. The number of hydrogen-bond donors (Lipinski definition) is 2. The number of H-pyrrole nitrogens is 1. The van der Waals surface area contributed by atoms with E-state index in [0.717, 1.165) is 5.56 Å². The molecule has 1 spiro atoms. The molecule has 0 saturated carbocycles. The first-order chi connectivity index (χ1) is 18.2. The van der Waals surface area contributed by atoms with Crippen molar-refractivity contribution in [2.24, 2.45) is 5.92 Å². The Kier molecular flexibility index (Phi) is 6.27. The number of hydrogen-bond acceptors (Lipinski definition) is 5. The van der Waals surface area contributed by atoms with Gasteiger partial charge in [0, 0.05) is 42.8 Å². The minimum Gasteiger partial charge on any atom is -0.330 e. The number of aromatic nitrogens is 1. The molecule has 2 aliphatic rings. The zero-order chi connectivity index (χ0) is 27.2. The zero-order valence-electron chi connectivity index (χ0n) is 21.5. The lowest BCUT2D eigenvalue weighted by atomic mass is 9.80. The molecule has 1 saturated heterocycles. The minimum absolute atomic E-state index is 0.0717. The van der Waals surface area contributed by atoms with Crippen molar-refractivity contribution in [3.8, 4) is 6.07 Å². The number of likely N-dealkylation sites (N-methyl/N-ethyl adjacent to an activating group) is 1. The summed E-state index contributed by atoms with van der Waals surface area (Å²) in [5.41, 5.74) is 0.598. The van der Waals surface area contributed by atoms with Crippen LogP contribution in [0.25, 0.3) is 10.8 Å². The first-order valence-corrected chi connectivity index (χ1v) is 12.7. The summed E-state index contributed by atoms with van der Waals surface area (Å²) in [6.07, 6.45) is 2.11. The van der Waals surface area contributed by atoms with E-state index in [-0.39, 0.29) is 42.2 Å². The topological polar surface area (TPSA) is 126 Å². The number of nitrogens with zero attached hydrogens (tertiary/aromatic N) is 3. The van der Waals surface area contributed by atoms with Crippen LogP contribution in [-0.4, -0.2) is 58.2 Å². The van der Waals surface area contributed by atoms with Gasteiger partial charge in [-0.1, -0.05) is 32.0 Å². The number of amides is 3. The van der Waals surface area contributed by atoms with Gasteiger partial charge < -0.3 is 20.1 Å². The Morgan fingerprint density at radius 2 is 1.95 bits per heavy atom. The number of nitrogens with one attached hydrogen (secondary N) is 2. The molecule has 9 heteroatoms. The molecule has 2 aliphatic heterocycles. The lowest BCUT2D eigenvalue weighted by Gasteiger charge is -2.33. The van der Waals surface area contributed by atoms with Gasteiger partial charge in [0.25, 0.3) is 11.5 Å². The molecular weight excluding hydrogens is 482 g/mol. The van der Waals surface area contributed by atoms with E-state index in [9.17, 15) is 24.4 Å². The highest BCUT2D eigenvalue weighted by Crippen LogP contribution is 2.46. The Morgan fingerprint density at radius 1 is 1.18 bits per heavy atom. The van der Waals surface area contributed by atoms with Gasteiger partial charge in [0.05, 0.1) is 11.5 Å². The third-order valence-corrected chi connectivity index (χ3v) is 7.70. The van der Waals surface area contributed by atoms with E-state index in [1.165, 1.54) is 16.0 Å². The molecule has 9 nitrogen and oxygen atoms in total. The second-order valence-corrected chi connectivity index (χ2v) is 10.6. The first-order valence-electron chi connectivity index (χ1n) is 12.7. The first kappa shape index (κ1) is 25.2. The van der Waals surface area contributed by atoms with E-state index in [0.29, 0.717) is 28.4 Å². The Morgan fingerprint density at radius 3 is 2.68 bits per heavy atom. The Hall–Kier alpha value is -4.45. The number of para-hydroxylation sites is 1. The van der Waals surface area contributed by atoms with Crippen molar-refractivity contribution in [3.63, 3.8) is 0 Å². The Labute approximate surface area is 220 Å². The fourth-order valence-electron chi connectivity index (χ4n) is 5.72. The highest BCUT2D eigenvalue weighted by molar-refractivity contribution is 6.07. The summed E-state index contributed by atoms with van der Waals surface area (Å²) in [5.74, 6) is -0.850. The summed E-state index contributed by atoms with van der Waals surface area (Å²) in [7, 11) is 1.58. The second kappa shape index (κ2) is 9.45. The SMILES string of the molecule is CC(C)C[C@@H](C(=O)N1C[C@]2(C[C@H]1C#N)C(=O)Nc1ccccc12)N(C)C(=O)c1ccc2c(=O)[nH]ccc2c1. The van der Waals surface area contributed by atoms with Crippen LogP contribution in [0.3, 0.4) is 0 Å². The molecule has 0 unspecified atom stereocenters. The molecule has 0 aliphatic carbocycles. The maximum absolute atomic E-state index is 14.0. The molecule has 1 aromatic heterocycles. The summed E-state index contributed by atoms with van der Waals surface area (Å²) in [6.45, 7) is 4.01. The largest absolute Gasteiger partial charge is 0.330 e. The van der Waals surface area contributed by atoms with Crippen molar-refractivity contribution < 1.29 is 14.4 Å². The molecule has 2 aromatic carbocycles. The van der Waals surface area contributed by atoms with Crippen LogP contribution in [0.15, 0.2) is 59.5 Å². The fourth-order valence-corrected chi connectivity index (χ4v) is 5.72. The van der Waals surface area contributed by atoms with Gasteiger partial charge in [-0.25, -0.2) is 0 Å². The van der Waals surface area contributed by atoms with Gasteiger partial charge in [0.1, 0.15) is 12.1 Å². The molecule has 3 atom stereocenters. The van der Waals surface area contributed by atoms with Crippen LogP contribution in [0.4, 0.5) is 5.69 Å². The van der Waals surface area contributed by atoms with Gasteiger partial charge >= 0.3 is 0 Å². The number of pyridine rings is 1. The van der Waals surface area contributed by atoms with E-state index >= 15 is 0 Å². The summed E-state index contributed by atoms with van der Waals surface area (Å²) in [6, 6.07) is 14.5. The van der Waals surface area contributed by atoms with E-state index in [1.54, 1.807) is 31.3 Å². The molecule has 194 valence electrons.